The monoisotopic (exact) mass is 296 g/mol. The summed E-state index contributed by atoms with van der Waals surface area (Å²) in [5.74, 6) is -0.0760. The first-order chi connectivity index (χ1) is 9.02. The molecule has 0 unspecified atom stereocenters. The van der Waals surface area contributed by atoms with E-state index in [1.54, 1.807) is 6.08 Å². The summed E-state index contributed by atoms with van der Waals surface area (Å²) < 4.78 is 25.0. The molecule has 0 amide bonds. The molecule has 20 heavy (non-hydrogen) atoms. The molecule has 0 aromatic heterocycles. The molecule has 2 aliphatic rings. The van der Waals surface area contributed by atoms with Crippen molar-refractivity contribution in [2.24, 2.45) is 16.7 Å². The maximum atomic E-state index is 12.3. The van der Waals surface area contributed by atoms with Crippen LogP contribution in [0.5, 0.6) is 0 Å². The van der Waals surface area contributed by atoms with Crippen molar-refractivity contribution in [3.8, 4) is 6.07 Å². The van der Waals surface area contributed by atoms with E-state index in [1.165, 1.54) is 10.6 Å². The van der Waals surface area contributed by atoms with Gasteiger partial charge in [0.2, 0.25) is 10.0 Å². The van der Waals surface area contributed by atoms with Crippen LogP contribution in [0, 0.1) is 28.1 Å². The molecule has 0 bridgehead atoms. The first-order valence-corrected chi connectivity index (χ1v) is 8.50. The Labute approximate surface area is 120 Å². The number of piperidine rings is 1. The van der Waals surface area contributed by atoms with E-state index in [-0.39, 0.29) is 17.3 Å². The maximum Gasteiger partial charge on any atom is 0.211 e. The minimum absolute atomic E-state index is 0.0533. The first kappa shape index (κ1) is 15.2. The second-order valence-electron chi connectivity index (χ2n) is 6.66. The van der Waals surface area contributed by atoms with Gasteiger partial charge in [-0.2, -0.15) is 5.26 Å². The van der Waals surface area contributed by atoms with Crippen LogP contribution in [0.3, 0.4) is 0 Å². The van der Waals surface area contributed by atoms with Gasteiger partial charge in [0.05, 0.1) is 11.8 Å². The van der Waals surface area contributed by atoms with E-state index in [4.69, 9.17) is 5.26 Å². The predicted octanol–water partition coefficient (Wildman–Crippen LogP) is 1.33. The van der Waals surface area contributed by atoms with Crippen LogP contribution < -0.4 is 0 Å². The first-order valence-electron chi connectivity index (χ1n) is 6.65. The quantitative estimate of drug-likeness (QED) is 0.731. The van der Waals surface area contributed by atoms with Crippen molar-refractivity contribution in [3.05, 3.63) is 11.6 Å². The van der Waals surface area contributed by atoms with E-state index in [2.05, 4.69) is 0 Å². The number of hydrogen-bond donors (Lipinski definition) is 0. The van der Waals surface area contributed by atoms with E-state index in [9.17, 15) is 13.2 Å². The Bertz CT molecular complexity index is 627. The van der Waals surface area contributed by atoms with Gasteiger partial charge in [0, 0.05) is 23.9 Å². The standard InChI is InChI=1S/C14H20N2O3S/c1-13(2)11-5-6-16(20(4,18)19)9-14(11,3)7-10(8-15)12(13)17/h7,11H,5-6,9H2,1-4H3/t11-,14+/m0/s1. The number of nitriles is 1. The van der Waals surface area contributed by atoms with Gasteiger partial charge in [-0.15, -0.1) is 0 Å². The average Bonchev–Trinajstić information content (AvgIpc) is 2.32. The number of allylic oxidation sites excluding steroid dienone is 1. The van der Waals surface area contributed by atoms with Gasteiger partial charge in [-0.3, -0.25) is 4.79 Å². The van der Waals surface area contributed by atoms with Gasteiger partial charge in [-0.05, 0) is 12.3 Å². The highest BCUT2D eigenvalue weighted by atomic mass is 32.2. The van der Waals surface area contributed by atoms with Crippen LogP contribution in [0.2, 0.25) is 0 Å². The summed E-state index contributed by atoms with van der Waals surface area (Å²) in [7, 11) is -3.25. The number of Topliss-reactive ketones (excluding diaryl/α,β-unsaturated/α-hetero) is 1. The van der Waals surface area contributed by atoms with E-state index in [0.717, 1.165) is 0 Å². The molecule has 0 N–H and O–H groups in total. The summed E-state index contributed by atoms with van der Waals surface area (Å²) in [4.78, 5) is 12.3. The SMILES string of the molecule is CC1(C)C(=O)C(C#N)=C[C@]2(C)CN(S(C)(=O)=O)CC[C@@H]12. The molecule has 5 nitrogen and oxygen atoms in total. The van der Waals surface area contributed by atoms with Crippen LogP contribution in [-0.2, 0) is 14.8 Å². The third-order valence-corrected chi connectivity index (χ3v) is 5.99. The molecule has 1 aliphatic heterocycles. The molecule has 2 atom stereocenters. The number of rotatable bonds is 1. The molecule has 0 saturated carbocycles. The van der Waals surface area contributed by atoms with Gasteiger partial charge in [0.15, 0.2) is 5.78 Å². The Balaban J connectivity index is 2.50. The zero-order chi connectivity index (χ0) is 15.3. The third-order valence-electron chi connectivity index (χ3n) is 4.74. The lowest BCUT2D eigenvalue weighted by Crippen LogP contribution is -2.56. The van der Waals surface area contributed by atoms with Gasteiger partial charge in [-0.1, -0.05) is 26.8 Å². The Hall–Kier alpha value is -1.19. The number of fused-ring (bicyclic) bond motifs is 1. The van der Waals surface area contributed by atoms with Crippen molar-refractivity contribution < 1.29 is 13.2 Å². The number of hydrogen-bond acceptors (Lipinski definition) is 4. The summed E-state index contributed by atoms with van der Waals surface area (Å²) in [6.45, 7) is 6.43. The van der Waals surface area contributed by atoms with E-state index in [0.29, 0.717) is 19.5 Å². The normalized spacial score (nSPS) is 34.0. The fourth-order valence-corrected chi connectivity index (χ4v) is 4.72. The molecule has 0 spiro atoms. The molecule has 6 heteroatoms. The van der Waals surface area contributed by atoms with Crippen LogP contribution in [0.25, 0.3) is 0 Å². The number of carbonyl (C=O) groups is 1. The number of carbonyl (C=O) groups excluding carboxylic acids is 1. The summed E-state index contributed by atoms with van der Waals surface area (Å²) in [6.07, 6.45) is 3.52. The lowest BCUT2D eigenvalue weighted by molar-refractivity contribution is -0.131. The Morgan fingerprint density at radius 2 is 2.00 bits per heavy atom. The van der Waals surface area contributed by atoms with Crippen molar-refractivity contribution in [3.63, 3.8) is 0 Å². The summed E-state index contributed by atoms with van der Waals surface area (Å²) in [5.41, 5.74) is -0.939. The van der Waals surface area contributed by atoms with Crippen LogP contribution >= 0.6 is 0 Å². The van der Waals surface area contributed by atoms with Gasteiger partial charge in [0.25, 0.3) is 0 Å². The highest BCUT2D eigenvalue weighted by molar-refractivity contribution is 7.88. The van der Waals surface area contributed by atoms with E-state index < -0.39 is 20.9 Å². The molecule has 0 aromatic rings. The average molecular weight is 296 g/mol. The highest BCUT2D eigenvalue weighted by Gasteiger charge is 2.54. The van der Waals surface area contributed by atoms with Gasteiger partial charge in [-0.25, -0.2) is 12.7 Å². The zero-order valence-corrected chi connectivity index (χ0v) is 13.1. The lowest BCUT2D eigenvalue weighted by Gasteiger charge is -2.52. The van der Waals surface area contributed by atoms with Crippen molar-refractivity contribution in [2.75, 3.05) is 19.3 Å². The second-order valence-corrected chi connectivity index (χ2v) is 8.65. The smallest absolute Gasteiger partial charge is 0.211 e. The number of nitrogens with zero attached hydrogens (tertiary/aromatic N) is 2. The van der Waals surface area contributed by atoms with Crippen LogP contribution in [0.4, 0.5) is 0 Å². The molecule has 1 fully saturated rings. The molecule has 2 rings (SSSR count). The lowest BCUT2D eigenvalue weighted by atomic mass is 9.55. The molecule has 1 aliphatic carbocycles. The van der Waals surface area contributed by atoms with Crippen LogP contribution in [-0.4, -0.2) is 37.9 Å². The summed E-state index contributed by atoms with van der Waals surface area (Å²) in [5, 5.41) is 9.15. The second kappa shape index (κ2) is 4.40. The van der Waals surface area contributed by atoms with E-state index >= 15 is 0 Å². The Morgan fingerprint density at radius 3 is 2.50 bits per heavy atom. The third kappa shape index (κ3) is 2.19. The zero-order valence-electron chi connectivity index (χ0n) is 12.3. The van der Waals surface area contributed by atoms with Crippen molar-refractivity contribution in [2.45, 2.75) is 27.2 Å². The van der Waals surface area contributed by atoms with Gasteiger partial charge >= 0.3 is 0 Å². The molecule has 0 aromatic carbocycles. The fraction of sp³-hybridized carbons (Fsp3) is 0.714. The molecule has 0 radical (unpaired) electrons. The van der Waals surface area contributed by atoms with Crippen molar-refractivity contribution in [1.29, 1.82) is 5.26 Å². The molecule has 110 valence electrons. The maximum absolute atomic E-state index is 12.3. The summed E-state index contributed by atoms with van der Waals surface area (Å²) in [6, 6.07) is 1.96. The van der Waals surface area contributed by atoms with Gasteiger partial charge in [0.1, 0.15) is 6.07 Å². The Morgan fingerprint density at radius 1 is 1.40 bits per heavy atom. The van der Waals surface area contributed by atoms with Crippen molar-refractivity contribution >= 4 is 15.8 Å². The van der Waals surface area contributed by atoms with Crippen LogP contribution in [0.15, 0.2) is 11.6 Å². The largest absolute Gasteiger partial charge is 0.293 e. The minimum Gasteiger partial charge on any atom is -0.293 e. The fourth-order valence-electron chi connectivity index (χ4n) is 3.77. The molecular formula is C14H20N2O3S. The van der Waals surface area contributed by atoms with Crippen LogP contribution in [0.1, 0.15) is 27.2 Å². The van der Waals surface area contributed by atoms with E-state index in [1.807, 2.05) is 26.8 Å². The minimum atomic E-state index is -3.25. The molecular weight excluding hydrogens is 276 g/mol. The van der Waals surface area contributed by atoms with Crippen molar-refractivity contribution in [1.82, 2.24) is 4.31 Å². The summed E-state index contributed by atoms with van der Waals surface area (Å²) >= 11 is 0. The van der Waals surface area contributed by atoms with Gasteiger partial charge < -0.3 is 0 Å². The Kier molecular flexibility index (Phi) is 3.35. The predicted molar refractivity (Wildman–Crippen MR) is 75.1 cm³/mol. The number of sulfonamides is 1. The number of ketones is 1. The molecule has 1 heterocycles. The molecule has 1 saturated heterocycles. The highest BCUT2D eigenvalue weighted by Crippen LogP contribution is 2.52. The topological polar surface area (TPSA) is 78.2 Å².